The summed E-state index contributed by atoms with van der Waals surface area (Å²) in [6.45, 7) is 6.58. The van der Waals surface area contributed by atoms with Crippen LogP contribution in [0, 0.1) is 16.7 Å². The predicted molar refractivity (Wildman–Crippen MR) is 66.2 cm³/mol. The van der Waals surface area contributed by atoms with E-state index in [9.17, 15) is 9.59 Å². The van der Waals surface area contributed by atoms with Crippen LogP contribution in [0.25, 0.3) is 0 Å². The van der Waals surface area contributed by atoms with Crippen molar-refractivity contribution in [1.29, 1.82) is 0 Å². The quantitative estimate of drug-likeness (QED) is 0.713. The third-order valence-corrected chi connectivity index (χ3v) is 4.60. The van der Waals surface area contributed by atoms with Gasteiger partial charge in [0, 0.05) is 12.3 Å². The number of carbonyl (C=O) groups excluding carboxylic acids is 2. The van der Waals surface area contributed by atoms with Crippen molar-refractivity contribution in [2.24, 2.45) is 16.7 Å². The maximum atomic E-state index is 12.0. The van der Waals surface area contributed by atoms with Crippen LogP contribution in [0.4, 0.5) is 0 Å². The van der Waals surface area contributed by atoms with Crippen molar-refractivity contribution < 1.29 is 9.59 Å². The summed E-state index contributed by atoms with van der Waals surface area (Å²) >= 11 is 0. The first-order valence-corrected chi connectivity index (χ1v) is 6.72. The molecule has 1 aliphatic carbocycles. The molecule has 1 heterocycles. The summed E-state index contributed by atoms with van der Waals surface area (Å²) in [4.78, 5) is 23.7. The number of amides is 2. The van der Waals surface area contributed by atoms with Crippen LogP contribution in [-0.2, 0) is 9.59 Å². The van der Waals surface area contributed by atoms with Crippen molar-refractivity contribution in [1.82, 2.24) is 5.32 Å². The highest BCUT2D eigenvalue weighted by Crippen LogP contribution is 2.54. The average Bonchev–Trinajstić information content (AvgIpc) is 2.14. The molecule has 1 saturated heterocycles. The van der Waals surface area contributed by atoms with E-state index in [1.54, 1.807) is 0 Å². The third-order valence-electron chi connectivity index (χ3n) is 4.60. The van der Waals surface area contributed by atoms with Crippen LogP contribution in [0.15, 0.2) is 0 Å². The molecule has 1 N–H and O–H groups in total. The fourth-order valence-corrected chi connectivity index (χ4v) is 4.11. The van der Waals surface area contributed by atoms with Crippen LogP contribution in [0.2, 0.25) is 0 Å². The van der Waals surface area contributed by atoms with Gasteiger partial charge in [0.05, 0.1) is 0 Å². The lowest BCUT2D eigenvalue weighted by Gasteiger charge is -2.50. The topological polar surface area (TPSA) is 46.2 Å². The van der Waals surface area contributed by atoms with Crippen molar-refractivity contribution >= 4 is 11.8 Å². The van der Waals surface area contributed by atoms with Gasteiger partial charge in [0.15, 0.2) is 0 Å². The zero-order valence-corrected chi connectivity index (χ0v) is 11.1. The Labute approximate surface area is 103 Å². The molecule has 2 rings (SSSR count). The maximum absolute atomic E-state index is 12.0. The van der Waals surface area contributed by atoms with E-state index >= 15 is 0 Å². The van der Waals surface area contributed by atoms with Gasteiger partial charge in [-0.2, -0.15) is 0 Å². The van der Waals surface area contributed by atoms with Crippen molar-refractivity contribution in [2.45, 2.75) is 59.3 Å². The molecule has 2 aliphatic rings. The lowest BCUT2D eigenvalue weighted by molar-refractivity contribution is -0.147. The molecule has 0 aromatic rings. The molecule has 2 amide bonds. The van der Waals surface area contributed by atoms with Crippen molar-refractivity contribution in [3.05, 3.63) is 0 Å². The number of hydrogen-bond donors (Lipinski definition) is 1. The molecule has 0 aromatic carbocycles. The summed E-state index contributed by atoms with van der Waals surface area (Å²) in [6.07, 6.45) is 5.78. The normalized spacial score (nSPS) is 37.0. The number of piperidine rings is 1. The summed E-state index contributed by atoms with van der Waals surface area (Å²) in [5.74, 6) is -0.0846. The fraction of sp³-hybridized carbons (Fsp3) is 0.857. The smallest absolute Gasteiger partial charge is 0.230 e. The summed E-state index contributed by atoms with van der Waals surface area (Å²) in [5.41, 5.74) is 0.208. The number of rotatable bonds is 1. The first-order chi connectivity index (χ1) is 7.88. The molecule has 1 saturated carbocycles. The van der Waals surface area contributed by atoms with Gasteiger partial charge in [-0.25, -0.2) is 0 Å². The Morgan fingerprint density at radius 1 is 1.29 bits per heavy atom. The lowest BCUT2D eigenvalue weighted by Crippen LogP contribution is -2.54. The first-order valence-electron chi connectivity index (χ1n) is 6.72. The van der Waals surface area contributed by atoms with Gasteiger partial charge in [-0.15, -0.1) is 0 Å². The number of imide groups is 1. The second kappa shape index (κ2) is 4.11. The fourth-order valence-electron chi connectivity index (χ4n) is 4.11. The summed E-state index contributed by atoms with van der Waals surface area (Å²) in [5, 5.41) is 2.50. The first kappa shape index (κ1) is 12.6. The largest absolute Gasteiger partial charge is 0.296 e. The molecule has 17 heavy (non-hydrogen) atoms. The Morgan fingerprint density at radius 3 is 2.59 bits per heavy atom. The third kappa shape index (κ3) is 2.24. The Balaban J connectivity index is 2.31. The monoisotopic (exact) mass is 237 g/mol. The predicted octanol–water partition coefficient (Wildman–Crippen LogP) is 2.65. The van der Waals surface area contributed by atoms with Gasteiger partial charge in [0.25, 0.3) is 0 Å². The maximum Gasteiger partial charge on any atom is 0.230 e. The number of nitrogens with one attached hydrogen (secondary N) is 1. The van der Waals surface area contributed by atoms with Gasteiger partial charge in [0.1, 0.15) is 0 Å². The molecule has 0 aromatic heterocycles. The highest BCUT2D eigenvalue weighted by molar-refractivity contribution is 5.99. The van der Waals surface area contributed by atoms with Gasteiger partial charge >= 0.3 is 0 Å². The van der Waals surface area contributed by atoms with Crippen LogP contribution in [0.3, 0.4) is 0 Å². The second-order valence-electron chi connectivity index (χ2n) is 6.61. The molecule has 2 unspecified atom stereocenters. The highest BCUT2D eigenvalue weighted by Gasteiger charge is 2.51. The molecule has 0 radical (unpaired) electrons. The molecule has 96 valence electrons. The lowest BCUT2D eigenvalue weighted by atomic mass is 9.55. The minimum absolute atomic E-state index is 0.0276. The minimum atomic E-state index is -0.0719. The van der Waals surface area contributed by atoms with Crippen LogP contribution in [-0.4, -0.2) is 11.8 Å². The van der Waals surface area contributed by atoms with Crippen LogP contribution >= 0.6 is 0 Å². The molecule has 3 heteroatoms. The zero-order valence-electron chi connectivity index (χ0n) is 11.1. The van der Waals surface area contributed by atoms with Gasteiger partial charge in [-0.1, -0.05) is 27.2 Å². The van der Waals surface area contributed by atoms with Crippen LogP contribution in [0.5, 0.6) is 0 Å². The number of carbonyl (C=O) groups is 2. The van der Waals surface area contributed by atoms with E-state index in [2.05, 4.69) is 26.1 Å². The van der Waals surface area contributed by atoms with Gasteiger partial charge < -0.3 is 0 Å². The molecule has 2 fully saturated rings. The van der Waals surface area contributed by atoms with Gasteiger partial charge in [-0.05, 0) is 36.5 Å². The van der Waals surface area contributed by atoms with Crippen molar-refractivity contribution in [3.8, 4) is 0 Å². The Hall–Kier alpha value is -0.860. The van der Waals surface area contributed by atoms with Gasteiger partial charge in [-0.3, -0.25) is 14.9 Å². The van der Waals surface area contributed by atoms with E-state index in [4.69, 9.17) is 0 Å². The Morgan fingerprint density at radius 2 is 2.00 bits per heavy atom. The van der Waals surface area contributed by atoms with E-state index in [1.807, 2.05) is 0 Å². The van der Waals surface area contributed by atoms with Gasteiger partial charge in [0.2, 0.25) is 11.8 Å². The van der Waals surface area contributed by atoms with E-state index in [0.717, 1.165) is 25.7 Å². The molecule has 1 spiro atoms. The number of hydrogen-bond acceptors (Lipinski definition) is 2. The van der Waals surface area contributed by atoms with E-state index in [0.29, 0.717) is 6.42 Å². The minimum Gasteiger partial charge on any atom is -0.296 e. The van der Waals surface area contributed by atoms with E-state index in [1.165, 1.54) is 6.42 Å². The van der Waals surface area contributed by atoms with E-state index in [-0.39, 0.29) is 28.6 Å². The molecule has 3 nitrogen and oxygen atoms in total. The molecule has 2 atom stereocenters. The van der Waals surface area contributed by atoms with Crippen molar-refractivity contribution in [2.75, 3.05) is 0 Å². The summed E-state index contributed by atoms with van der Waals surface area (Å²) in [6, 6.07) is 0. The highest BCUT2D eigenvalue weighted by atomic mass is 16.2. The Bertz CT molecular complexity index is 348. The average molecular weight is 237 g/mol. The summed E-state index contributed by atoms with van der Waals surface area (Å²) in [7, 11) is 0. The van der Waals surface area contributed by atoms with E-state index < -0.39 is 0 Å². The standard InChI is InChI=1S/C14H23NO2/c1-4-10-12(17)15-11(16)8-14(10)7-5-6-13(2,3)9-14/h10H,4-9H2,1-3H3,(H,15,16,17). The summed E-state index contributed by atoms with van der Waals surface area (Å²) < 4.78 is 0. The Kier molecular flexibility index (Phi) is 3.04. The van der Waals surface area contributed by atoms with Crippen molar-refractivity contribution in [3.63, 3.8) is 0 Å². The molecular weight excluding hydrogens is 214 g/mol. The van der Waals surface area contributed by atoms with Crippen LogP contribution < -0.4 is 5.32 Å². The molecule has 0 bridgehead atoms. The second-order valence-corrected chi connectivity index (χ2v) is 6.61. The molecular formula is C14H23NO2. The molecule has 1 aliphatic heterocycles. The SMILES string of the molecule is CCC1C(=O)NC(=O)CC12CCCC(C)(C)C2. The zero-order chi connectivity index (χ0) is 12.7. The van der Waals surface area contributed by atoms with Crippen LogP contribution in [0.1, 0.15) is 59.3 Å².